The monoisotopic (exact) mass is 404 g/mol. The van der Waals surface area contributed by atoms with Crippen molar-refractivity contribution in [2.75, 3.05) is 11.9 Å². The Hall–Kier alpha value is -2.18. The maximum absolute atomic E-state index is 12.2. The van der Waals surface area contributed by atoms with Crippen molar-refractivity contribution in [2.45, 2.75) is 25.8 Å². The zero-order valence-corrected chi connectivity index (χ0v) is 15.5. The van der Waals surface area contributed by atoms with Crippen LogP contribution in [-0.2, 0) is 11.2 Å². The molecule has 2 amide bonds. The van der Waals surface area contributed by atoms with Crippen LogP contribution in [0.2, 0.25) is 0 Å². The van der Waals surface area contributed by atoms with Gasteiger partial charge in [0.25, 0.3) is 5.91 Å². The van der Waals surface area contributed by atoms with Crippen molar-refractivity contribution >= 4 is 33.4 Å². The maximum atomic E-state index is 12.2. The van der Waals surface area contributed by atoms with Gasteiger partial charge in [-0.3, -0.25) is 9.59 Å². The molecule has 0 spiro atoms. The Morgan fingerprint density at radius 3 is 2.48 bits per heavy atom. The number of aliphatic hydroxyl groups excluding tert-OH is 1. The van der Waals surface area contributed by atoms with Crippen LogP contribution in [0.5, 0.6) is 0 Å². The summed E-state index contributed by atoms with van der Waals surface area (Å²) in [4.78, 5) is 24.1. The topological polar surface area (TPSA) is 78.4 Å². The Balaban J connectivity index is 1.93. The molecule has 2 aromatic carbocycles. The number of benzene rings is 2. The number of hydrogen-bond acceptors (Lipinski definition) is 3. The lowest BCUT2D eigenvalue weighted by atomic mass is 10.1. The van der Waals surface area contributed by atoms with Gasteiger partial charge in [0.2, 0.25) is 5.91 Å². The van der Waals surface area contributed by atoms with E-state index in [9.17, 15) is 9.59 Å². The molecular formula is C19H21BrN2O3. The normalized spacial score (nSPS) is 11.6. The molecular weight excluding hydrogens is 384 g/mol. The summed E-state index contributed by atoms with van der Waals surface area (Å²) < 4.78 is 0.842. The van der Waals surface area contributed by atoms with Gasteiger partial charge in [-0.2, -0.15) is 0 Å². The summed E-state index contributed by atoms with van der Waals surface area (Å²) in [6, 6.07) is 14.1. The average molecular weight is 405 g/mol. The molecule has 0 radical (unpaired) electrons. The van der Waals surface area contributed by atoms with Crippen LogP contribution in [0.1, 0.15) is 29.3 Å². The summed E-state index contributed by atoms with van der Waals surface area (Å²) in [5.41, 5.74) is 2.06. The van der Waals surface area contributed by atoms with Gasteiger partial charge in [-0.05, 0) is 42.3 Å². The number of amides is 2. The second-order valence-corrected chi connectivity index (χ2v) is 6.61. The Morgan fingerprint density at radius 1 is 1.16 bits per heavy atom. The van der Waals surface area contributed by atoms with Crippen LogP contribution in [0, 0.1) is 0 Å². The molecule has 0 saturated carbocycles. The smallest absolute Gasteiger partial charge is 0.255 e. The summed E-state index contributed by atoms with van der Waals surface area (Å²) in [5, 5.41) is 14.7. The minimum atomic E-state index is -0.212. The molecule has 25 heavy (non-hydrogen) atoms. The Labute approximate surface area is 155 Å². The molecule has 0 fully saturated rings. The van der Waals surface area contributed by atoms with Gasteiger partial charge in [-0.15, -0.1) is 0 Å². The highest BCUT2D eigenvalue weighted by Gasteiger charge is 2.10. The molecule has 132 valence electrons. The van der Waals surface area contributed by atoms with Crippen molar-refractivity contribution in [1.29, 1.82) is 0 Å². The minimum absolute atomic E-state index is 0.0667. The van der Waals surface area contributed by atoms with Gasteiger partial charge < -0.3 is 15.7 Å². The first-order valence-electron chi connectivity index (χ1n) is 8.08. The number of nitrogens with one attached hydrogen (secondary N) is 2. The molecule has 1 atom stereocenters. The molecule has 3 N–H and O–H groups in total. The van der Waals surface area contributed by atoms with E-state index in [0.29, 0.717) is 17.7 Å². The van der Waals surface area contributed by atoms with Crippen molar-refractivity contribution in [1.82, 2.24) is 5.32 Å². The van der Waals surface area contributed by atoms with E-state index in [-0.39, 0.29) is 30.9 Å². The number of carbonyl (C=O) groups is 2. The van der Waals surface area contributed by atoms with Gasteiger partial charge >= 0.3 is 0 Å². The number of rotatable bonds is 7. The highest BCUT2D eigenvalue weighted by Crippen LogP contribution is 2.15. The zero-order chi connectivity index (χ0) is 18.2. The minimum Gasteiger partial charge on any atom is -0.394 e. The standard InChI is InChI=1S/C19H21BrN2O3/c1-2-16(12-23)21-18(24)10-13-6-8-17(9-7-13)22-19(25)14-4-3-5-15(20)11-14/h3-9,11,16,23H,2,10,12H2,1H3,(H,21,24)(H,22,25). The third-order valence-electron chi connectivity index (χ3n) is 3.74. The fourth-order valence-corrected chi connectivity index (χ4v) is 2.68. The van der Waals surface area contributed by atoms with E-state index in [1.165, 1.54) is 0 Å². The Morgan fingerprint density at radius 2 is 1.88 bits per heavy atom. The third kappa shape index (κ3) is 5.99. The first-order chi connectivity index (χ1) is 12.0. The van der Waals surface area contributed by atoms with Crippen molar-refractivity contribution in [3.63, 3.8) is 0 Å². The second kappa shape index (κ2) is 9.34. The van der Waals surface area contributed by atoms with Crippen molar-refractivity contribution in [3.8, 4) is 0 Å². The first kappa shape index (κ1) is 19.1. The van der Waals surface area contributed by atoms with Gasteiger partial charge in [0.15, 0.2) is 0 Å². The maximum Gasteiger partial charge on any atom is 0.255 e. The van der Waals surface area contributed by atoms with Crippen molar-refractivity contribution in [2.24, 2.45) is 0 Å². The zero-order valence-electron chi connectivity index (χ0n) is 14.0. The molecule has 1 unspecified atom stereocenters. The van der Waals surface area contributed by atoms with E-state index < -0.39 is 0 Å². The van der Waals surface area contributed by atoms with E-state index in [1.54, 1.807) is 42.5 Å². The largest absolute Gasteiger partial charge is 0.394 e. The molecule has 0 aliphatic carbocycles. The number of halogens is 1. The summed E-state index contributed by atoms with van der Waals surface area (Å²) in [5.74, 6) is -0.327. The highest BCUT2D eigenvalue weighted by molar-refractivity contribution is 9.10. The van der Waals surface area contributed by atoms with Gasteiger partial charge in [-0.25, -0.2) is 0 Å². The van der Waals surface area contributed by atoms with E-state index in [2.05, 4.69) is 26.6 Å². The molecule has 2 aromatic rings. The molecule has 0 bridgehead atoms. The first-order valence-corrected chi connectivity index (χ1v) is 8.87. The number of carbonyl (C=O) groups excluding carboxylic acids is 2. The molecule has 0 aliphatic rings. The number of aliphatic hydroxyl groups is 1. The van der Waals surface area contributed by atoms with Crippen LogP contribution in [0.15, 0.2) is 53.0 Å². The quantitative estimate of drug-likeness (QED) is 0.663. The molecule has 0 saturated heterocycles. The summed E-state index contributed by atoms with van der Waals surface area (Å²) >= 11 is 3.34. The summed E-state index contributed by atoms with van der Waals surface area (Å²) in [7, 11) is 0. The summed E-state index contributed by atoms with van der Waals surface area (Å²) in [6.07, 6.45) is 0.916. The van der Waals surface area contributed by atoms with Crippen molar-refractivity contribution in [3.05, 3.63) is 64.1 Å². The van der Waals surface area contributed by atoms with E-state index >= 15 is 0 Å². The van der Waals surface area contributed by atoms with Crippen LogP contribution in [0.25, 0.3) is 0 Å². The lowest BCUT2D eigenvalue weighted by molar-refractivity contribution is -0.121. The Kier molecular flexibility index (Phi) is 7.16. The summed E-state index contributed by atoms with van der Waals surface area (Å²) in [6.45, 7) is 1.84. The third-order valence-corrected chi connectivity index (χ3v) is 4.23. The van der Waals surface area contributed by atoms with Crippen LogP contribution in [0.4, 0.5) is 5.69 Å². The number of hydrogen-bond donors (Lipinski definition) is 3. The van der Waals surface area contributed by atoms with E-state index in [0.717, 1.165) is 10.0 Å². The SMILES string of the molecule is CCC(CO)NC(=O)Cc1ccc(NC(=O)c2cccc(Br)c2)cc1. The van der Waals surface area contributed by atoms with Crippen LogP contribution < -0.4 is 10.6 Å². The van der Waals surface area contributed by atoms with Crippen LogP contribution in [0.3, 0.4) is 0 Å². The predicted molar refractivity (Wildman–Crippen MR) is 102 cm³/mol. The fourth-order valence-electron chi connectivity index (χ4n) is 2.28. The Bertz CT molecular complexity index is 728. The van der Waals surface area contributed by atoms with Crippen molar-refractivity contribution < 1.29 is 14.7 Å². The number of anilines is 1. The average Bonchev–Trinajstić information content (AvgIpc) is 2.61. The molecule has 0 aliphatic heterocycles. The fraction of sp³-hybridized carbons (Fsp3) is 0.263. The highest BCUT2D eigenvalue weighted by atomic mass is 79.9. The van der Waals surface area contributed by atoms with Gasteiger partial charge in [-0.1, -0.05) is 41.1 Å². The molecule has 2 rings (SSSR count). The van der Waals surface area contributed by atoms with Crippen LogP contribution in [-0.4, -0.2) is 29.6 Å². The molecule has 6 heteroatoms. The van der Waals surface area contributed by atoms with E-state index in [1.807, 2.05) is 13.0 Å². The van der Waals surface area contributed by atoms with E-state index in [4.69, 9.17) is 5.11 Å². The molecule has 0 aromatic heterocycles. The molecule has 5 nitrogen and oxygen atoms in total. The van der Waals surface area contributed by atoms with Gasteiger partial charge in [0.05, 0.1) is 19.1 Å². The predicted octanol–water partition coefficient (Wildman–Crippen LogP) is 3.13. The van der Waals surface area contributed by atoms with Gasteiger partial charge in [0.1, 0.15) is 0 Å². The lowest BCUT2D eigenvalue weighted by Crippen LogP contribution is -2.37. The lowest BCUT2D eigenvalue weighted by Gasteiger charge is -2.14. The van der Waals surface area contributed by atoms with Gasteiger partial charge in [0, 0.05) is 15.7 Å². The van der Waals surface area contributed by atoms with Crippen LogP contribution >= 0.6 is 15.9 Å². The second-order valence-electron chi connectivity index (χ2n) is 5.69. The molecule has 0 heterocycles.